The van der Waals surface area contributed by atoms with Gasteiger partial charge < -0.3 is 9.47 Å². The maximum atomic E-state index is 14.0. The molecule has 184 valence electrons. The van der Waals surface area contributed by atoms with E-state index >= 15 is 0 Å². The molecule has 13 heteroatoms. The number of carbonyl (C=O) groups is 2. The summed E-state index contributed by atoms with van der Waals surface area (Å²) in [5, 5.41) is 10.5. The van der Waals surface area contributed by atoms with E-state index in [2.05, 4.69) is 9.97 Å². The van der Waals surface area contributed by atoms with Crippen molar-refractivity contribution in [3.05, 3.63) is 85.9 Å². The van der Waals surface area contributed by atoms with Crippen molar-refractivity contribution in [2.75, 3.05) is 6.61 Å². The van der Waals surface area contributed by atoms with Gasteiger partial charge in [0.25, 0.3) is 22.7 Å². The third-order valence-corrected chi connectivity index (χ3v) is 5.93. The number of ether oxygens (including phenoxy) is 2. The first-order valence-corrected chi connectivity index (χ1v) is 11.6. The maximum Gasteiger partial charge on any atom is 0.293 e. The quantitative estimate of drug-likeness (QED) is 0.158. The van der Waals surface area contributed by atoms with E-state index < -0.39 is 21.9 Å². The Morgan fingerprint density at radius 2 is 2.00 bits per heavy atom. The van der Waals surface area contributed by atoms with Crippen LogP contribution in [-0.4, -0.2) is 37.5 Å². The third-order valence-electron chi connectivity index (χ3n) is 4.84. The highest BCUT2D eigenvalue weighted by atomic mass is 35.5. The van der Waals surface area contributed by atoms with Gasteiger partial charge in [0, 0.05) is 11.6 Å². The Bertz CT molecular complexity index is 1400. The summed E-state index contributed by atoms with van der Waals surface area (Å²) in [7, 11) is 0. The van der Waals surface area contributed by atoms with Crippen LogP contribution < -0.4 is 9.47 Å². The Balaban J connectivity index is 1.58. The summed E-state index contributed by atoms with van der Waals surface area (Å²) in [6.45, 7) is 1.77. The van der Waals surface area contributed by atoms with Crippen molar-refractivity contribution in [2.24, 2.45) is 0 Å². The molecule has 10 nitrogen and oxygen atoms in total. The lowest BCUT2D eigenvalue weighted by molar-refractivity contribution is -0.385. The average Bonchev–Trinajstić information content (AvgIpc) is 3.10. The molecular formula is C23H16ClFN4O6S. The van der Waals surface area contributed by atoms with E-state index in [0.717, 1.165) is 11.1 Å². The molecule has 0 bridgehead atoms. The highest BCUT2D eigenvalue weighted by Gasteiger charge is 2.36. The van der Waals surface area contributed by atoms with E-state index in [9.17, 15) is 24.1 Å². The number of benzene rings is 2. The Morgan fingerprint density at radius 3 is 2.75 bits per heavy atom. The van der Waals surface area contributed by atoms with Gasteiger partial charge in [-0.3, -0.25) is 24.6 Å². The standard InChI is InChI=1S/C23H16ClFN4O6S/c1-2-34-18-9-13(7-8-17(18)35-20-15(25)11-26-22(24)27-20)10-19-21(30)28(23(31)36-19)12-14-5-3-4-6-16(14)29(32)33/h3-11H,2,12H2,1H3/b19-10+. The molecule has 0 unspecified atom stereocenters. The number of imide groups is 1. The fourth-order valence-corrected chi connectivity index (χ4v) is 4.22. The van der Waals surface area contributed by atoms with Gasteiger partial charge >= 0.3 is 0 Å². The highest BCUT2D eigenvalue weighted by molar-refractivity contribution is 8.18. The van der Waals surface area contributed by atoms with Crippen molar-refractivity contribution in [3.8, 4) is 17.4 Å². The zero-order valence-corrected chi connectivity index (χ0v) is 20.1. The minimum Gasteiger partial charge on any atom is -0.490 e. The van der Waals surface area contributed by atoms with Crippen LogP contribution in [0.2, 0.25) is 5.28 Å². The summed E-state index contributed by atoms with van der Waals surface area (Å²) in [6.07, 6.45) is 2.36. The smallest absolute Gasteiger partial charge is 0.293 e. The van der Waals surface area contributed by atoms with Crippen LogP contribution in [0, 0.1) is 15.9 Å². The highest BCUT2D eigenvalue weighted by Crippen LogP contribution is 2.37. The number of nitro benzene ring substituents is 1. The summed E-state index contributed by atoms with van der Waals surface area (Å²) in [6, 6.07) is 10.5. The number of nitrogens with zero attached hydrogens (tertiary/aromatic N) is 4. The second-order valence-electron chi connectivity index (χ2n) is 7.19. The average molecular weight is 531 g/mol. The lowest BCUT2D eigenvalue weighted by atomic mass is 10.1. The van der Waals surface area contributed by atoms with Gasteiger partial charge in [-0.2, -0.15) is 9.37 Å². The molecule has 0 radical (unpaired) electrons. The number of para-hydroxylation sites is 1. The molecule has 1 aromatic heterocycles. The van der Waals surface area contributed by atoms with Crippen LogP contribution in [0.15, 0.2) is 53.6 Å². The number of hydrogen-bond acceptors (Lipinski definition) is 9. The van der Waals surface area contributed by atoms with Crippen LogP contribution in [0.1, 0.15) is 18.1 Å². The van der Waals surface area contributed by atoms with E-state index in [0.29, 0.717) is 17.3 Å². The van der Waals surface area contributed by atoms with Crippen molar-refractivity contribution in [1.29, 1.82) is 0 Å². The first-order valence-electron chi connectivity index (χ1n) is 10.4. The maximum absolute atomic E-state index is 14.0. The number of nitro groups is 1. The number of halogens is 2. The summed E-state index contributed by atoms with van der Waals surface area (Å²) in [5.41, 5.74) is 0.560. The fourth-order valence-electron chi connectivity index (χ4n) is 3.25. The van der Waals surface area contributed by atoms with Gasteiger partial charge in [0.1, 0.15) is 0 Å². The fraction of sp³-hybridized carbons (Fsp3) is 0.130. The molecule has 0 atom stereocenters. The largest absolute Gasteiger partial charge is 0.490 e. The van der Waals surface area contributed by atoms with Gasteiger partial charge in [-0.15, -0.1) is 0 Å². The lowest BCUT2D eigenvalue weighted by Gasteiger charge is -2.13. The molecule has 0 saturated carbocycles. The number of aromatic nitrogens is 2. The van der Waals surface area contributed by atoms with Gasteiger partial charge in [-0.1, -0.05) is 24.3 Å². The summed E-state index contributed by atoms with van der Waals surface area (Å²) >= 11 is 6.42. The van der Waals surface area contributed by atoms with E-state index in [1.54, 1.807) is 25.1 Å². The summed E-state index contributed by atoms with van der Waals surface area (Å²) < 4.78 is 25.1. The van der Waals surface area contributed by atoms with Gasteiger partial charge in [-0.05, 0) is 54.1 Å². The minimum absolute atomic E-state index is 0.128. The van der Waals surface area contributed by atoms with Crippen LogP contribution in [0.4, 0.5) is 14.9 Å². The van der Waals surface area contributed by atoms with E-state index in [4.69, 9.17) is 21.1 Å². The summed E-state index contributed by atoms with van der Waals surface area (Å²) in [5.74, 6) is -1.41. The molecule has 0 aliphatic carbocycles. The molecule has 0 N–H and O–H groups in total. The van der Waals surface area contributed by atoms with Crippen LogP contribution in [0.3, 0.4) is 0 Å². The number of carbonyl (C=O) groups excluding carboxylic acids is 2. The Hall–Kier alpha value is -4.03. The molecule has 36 heavy (non-hydrogen) atoms. The number of thioether (sulfide) groups is 1. The van der Waals surface area contributed by atoms with Gasteiger partial charge in [0.15, 0.2) is 11.5 Å². The zero-order valence-electron chi connectivity index (χ0n) is 18.5. The molecule has 2 aromatic carbocycles. The van der Waals surface area contributed by atoms with Crippen molar-refractivity contribution >= 4 is 46.3 Å². The topological polar surface area (TPSA) is 125 Å². The molecule has 2 heterocycles. The third kappa shape index (κ3) is 5.44. The molecular weight excluding hydrogens is 515 g/mol. The van der Waals surface area contributed by atoms with Crippen LogP contribution in [0.5, 0.6) is 17.4 Å². The van der Waals surface area contributed by atoms with E-state index in [1.165, 1.54) is 30.3 Å². The second kappa shape index (κ2) is 10.7. The number of amides is 2. The normalized spacial score (nSPS) is 14.4. The minimum atomic E-state index is -0.821. The van der Waals surface area contributed by atoms with Crippen LogP contribution >= 0.6 is 23.4 Å². The monoisotopic (exact) mass is 530 g/mol. The number of rotatable bonds is 8. The molecule has 3 aromatic rings. The van der Waals surface area contributed by atoms with Crippen molar-refractivity contribution in [1.82, 2.24) is 14.9 Å². The molecule has 0 spiro atoms. The molecule has 1 aliphatic heterocycles. The zero-order chi connectivity index (χ0) is 25.8. The Morgan fingerprint density at radius 1 is 1.22 bits per heavy atom. The molecule has 4 rings (SSSR count). The molecule has 2 amide bonds. The van der Waals surface area contributed by atoms with Crippen LogP contribution in [-0.2, 0) is 11.3 Å². The first kappa shape index (κ1) is 25.1. The second-order valence-corrected chi connectivity index (χ2v) is 8.52. The van der Waals surface area contributed by atoms with Crippen LogP contribution in [0.25, 0.3) is 6.08 Å². The van der Waals surface area contributed by atoms with Crippen molar-refractivity contribution in [3.63, 3.8) is 0 Å². The van der Waals surface area contributed by atoms with Gasteiger partial charge in [0.05, 0.1) is 29.2 Å². The van der Waals surface area contributed by atoms with E-state index in [-0.39, 0.29) is 52.0 Å². The van der Waals surface area contributed by atoms with Crippen molar-refractivity contribution < 1.29 is 28.4 Å². The predicted octanol–water partition coefficient (Wildman–Crippen LogP) is 5.60. The Labute approximate surface area is 212 Å². The van der Waals surface area contributed by atoms with Gasteiger partial charge in [0.2, 0.25) is 11.1 Å². The SMILES string of the molecule is CCOc1cc(/C=C2/SC(=O)N(Cc3ccccc3[N+](=O)[O-])C2=O)ccc1Oc1nc(Cl)ncc1F. The van der Waals surface area contributed by atoms with E-state index in [1.807, 2.05) is 0 Å². The first-order chi connectivity index (χ1) is 17.3. The molecule has 1 aliphatic rings. The Kier molecular flexibility index (Phi) is 7.46. The predicted molar refractivity (Wildman–Crippen MR) is 129 cm³/mol. The van der Waals surface area contributed by atoms with Crippen molar-refractivity contribution in [2.45, 2.75) is 13.5 Å². The lowest BCUT2D eigenvalue weighted by Crippen LogP contribution is -2.27. The molecule has 1 saturated heterocycles. The van der Waals surface area contributed by atoms with Gasteiger partial charge in [-0.25, -0.2) is 4.98 Å². The summed E-state index contributed by atoms with van der Waals surface area (Å²) in [4.78, 5) is 44.4. The number of hydrogen-bond donors (Lipinski definition) is 0. The molecule has 1 fully saturated rings.